The quantitative estimate of drug-likeness (QED) is 0.840. The first kappa shape index (κ1) is 11.9. The number of halogens is 1. The highest BCUT2D eigenvalue weighted by Gasteiger charge is 2.23. The lowest BCUT2D eigenvalue weighted by molar-refractivity contribution is 0.317. The van der Waals surface area contributed by atoms with Crippen molar-refractivity contribution in [3.63, 3.8) is 0 Å². The van der Waals surface area contributed by atoms with E-state index in [9.17, 15) is 0 Å². The minimum absolute atomic E-state index is 0.612. The SMILES string of the molecule is CCC1CCCCC1Nc1cccc(Br)n1. The van der Waals surface area contributed by atoms with Crippen LogP contribution < -0.4 is 5.32 Å². The lowest BCUT2D eigenvalue weighted by Gasteiger charge is -2.31. The lowest BCUT2D eigenvalue weighted by atomic mass is 9.83. The summed E-state index contributed by atoms with van der Waals surface area (Å²) in [5, 5.41) is 3.58. The van der Waals surface area contributed by atoms with Crippen molar-refractivity contribution in [1.29, 1.82) is 0 Å². The van der Waals surface area contributed by atoms with E-state index < -0.39 is 0 Å². The summed E-state index contributed by atoms with van der Waals surface area (Å²) in [5.41, 5.74) is 0. The van der Waals surface area contributed by atoms with Gasteiger partial charge in [0.25, 0.3) is 0 Å². The van der Waals surface area contributed by atoms with Gasteiger partial charge < -0.3 is 5.32 Å². The predicted molar refractivity (Wildman–Crippen MR) is 71.6 cm³/mol. The van der Waals surface area contributed by atoms with Crippen molar-refractivity contribution in [2.45, 2.75) is 45.1 Å². The molecule has 0 bridgehead atoms. The van der Waals surface area contributed by atoms with Gasteiger partial charge in [-0.3, -0.25) is 0 Å². The molecule has 0 amide bonds. The van der Waals surface area contributed by atoms with Gasteiger partial charge in [-0.2, -0.15) is 0 Å². The highest BCUT2D eigenvalue weighted by molar-refractivity contribution is 9.10. The Morgan fingerprint density at radius 2 is 2.19 bits per heavy atom. The van der Waals surface area contributed by atoms with Crippen molar-refractivity contribution in [2.24, 2.45) is 5.92 Å². The molecule has 0 aromatic carbocycles. The zero-order chi connectivity index (χ0) is 11.4. The predicted octanol–water partition coefficient (Wildman–Crippen LogP) is 4.22. The number of hydrogen-bond acceptors (Lipinski definition) is 2. The third-order valence-electron chi connectivity index (χ3n) is 3.48. The summed E-state index contributed by atoms with van der Waals surface area (Å²) < 4.78 is 0.904. The van der Waals surface area contributed by atoms with E-state index in [-0.39, 0.29) is 0 Å². The minimum atomic E-state index is 0.612. The third kappa shape index (κ3) is 2.97. The van der Waals surface area contributed by atoms with Gasteiger partial charge in [-0.25, -0.2) is 4.98 Å². The Hall–Kier alpha value is -0.570. The fourth-order valence-electron chi connectivity index (χ4n) is 2.56. The van der Waals surface area contributed by atoms with Crippen LogP contribution in [0.25, 0.3) is 0 Å². The molecule has 1 N–H and O–H groups in total. The zero-order valence-electron chi connectivity index (χ0n) is 9.75. The van der Waals surface area contributed by atoms with Crippen LogP contribution in [0.2, 0.25) is 0 Å². The maximum Gasteiger partial charge on any atom is 0.127 e. The van der Waals surface area contributed by atoms with Crippen molar-refractivity contribution in [3.8, 4) is 0 Å². The van der Waals surface area contributed by atoms with E-state index in [0.29, 0.717) is 6.04 Å². The molecule has 1 saturated carbocycles. The summed E-state index contributed by atoms with van der Waals surface area (Å²) in [7, 11) is 0. The number of nitrogens with zero attached hydrogens (tertiary/aromatic N) is 1. The fraction of sp³-hybridized carbons (Fsp3) is 0.615. The zero-order valence-corrected chi connectivity index (χ0v) is 11.3. The van der Waals surface area contributed by atoms with Crippen molar-refractivity contribution < 1.29 is 0 Å². The molecule has 1 fully saturated rings. The van der Waals surface area contributed by atoms with Crippen LogP contribution in [0.1, 0.15) is 39.0 Å². The van der Waals surface area contributed by atoms with Gasteiger partial charge in [-0.05, 0) is 46.8 Å². The second-order valence-corrected chi connectivity index (χ2v) is 5.36. The minimum Gasteiger partial charge on any atom is -0.367 e. The summed E-state index contributed by atoms with van der Waals surface area (Å²) in [5.74, 6) is 1.81. The maximum absolute atomic E-state index is 4.44. The van der Waals surface area contributed by atoms with Gasteiger partial charge in [0.15, 0.2) is 0 Å². The second-order valence-electron chi connectivity index (χ2n) is 4.55. The number of aromatic nitrogens is 1. The molecular weight excluding hydrogens is 264 g/mol. The lowest BCUT2D eigenvalue weighted by Crippen LogP contribution is -2.32. The molecule has 0 radical (unpaired) electrons. The average molecular weight is 283 g/mol. The Labute approximate surface area is 106 Å². The molecule has 3 heteroatoms. The fourth-order valence-corrected chi connectivity index (χ4v) is 2.91. The largest absolute Gasteiger partial charge is 0.367 e. The number of pyridine rings is 1. The molecule has 2 nitrogen and oxygen atoms in total. The van der Waals surface area contributed by atoms with Gasteiger partial charge in [0.1, 0.15) is 10.4 Å². The summed E-state index contributed by atoms with van der Waals surface area (Å²) in [6.45, 7) is 2.29. The molecule has 0 aliphatic heterocycles. The molecule has 1 aliphatic carbocycles. The highest BCUT2D eigenvalue weighted by atomic mass is 79.9. The van der Waals surface area contributed by atoms with Gasteiger partial charge in [0.2, 0.25) is 0 Å². The molecule has 0 saturated heterocycles. The normalized spacial score (nSPS) is 25.4. The summed E-state index contributed by atoms with van der Waals surface area (Å²) >= 11 is 3.41. The van der Waals surface area contributed by atoms with E-state index in [1.165, 1.54) is 32.1 Å². The number of anilines is 1. The van der Waals surface area contributed by atoms with Crippen molar-refractivity contribution >= 4 is 21.7 Å². The molecule has 2 unspecified atom stereocenters. The molecule has 1 aromatic rings. The maximum atomic E-state index is 4.44. The summed E-state index contributed by atoms with van der Waals surface area (Å²) in [4.78, 5) is 4.44. The van der Waals surface area contributed by atoms with Gasteiger partial charge in [-0.1, -0.05) is 32.3 Å². The first-order valence-electron chi connectivity index (χ1n) is 6.18. The van der Waals surface area contributed by atoms with E-state index in [2.05, 4.69) is 33.2 Å². The molecule has 2 rings (SSSR count). The molecule has 16 heavy (non-hydrogen) atoms. The second kappa shape index (κ2) is 5.67. The number of rotatable bonds is 3. The third-order valence-corrected chi connectivity index (χ3v) is 3.92. The van der Waals surface area contributed by atoms with Crippen LogP contribution in [0.4, 0.5) is 5.82 Å². The topological polar surface area (TPSA) is 24.9 Å². The Morgan fingerprint density at radius 1 is 1.38 bits per heavy atom. The van der Waals surface area contributed by atoms with E-state index in [4.69, 9.17) is 0 Å². The van der Waals surface area contributed by atoms with Crippen LogP contribution in [-0.4, -0.2) is 11.0 Å². The summed E-state index contributed by atoms with van der Waals surface area (Å²) in [6, 6.07) is 6.65. The van der Waals surface area contributed by atoms with E-state index in [1.807, 2.05) is 18.2 Å². The standard InChI is InChI=1S/C13H19BrN2/c1-2-10-6-3-4-7-11(10)15-13-9-5-8-12(14)16-13/h5,8-11H,2-4,6-7H2,1H3,(H,15,16). The van der Waals surface area contributed by atoms with Crippen LogP contribution >= 0.6 is 15.9 Å². The highest BCUT2D eigenvalue weighted by Crippen LogP contribution is 2.29. The van der Waals surface area contributed by atoms with Crippen molar-refractivity contribution in [2.75, 3.05) is 5.32 Å². The van der Waals surface area contributed by atoms with E-state index in [1.54, 1.807) is 0 Å². The van der Waals surface area contributed by atoms with E-state index in [0.717, 1.165) is 16.3 Å². The molecule has 2 atom stereocenters. The van der Waals surface area contributed by atoms with Crippen LogP contribution in [0.3, 0.4) is 0 Å². The van der Waals surface area contributed by atoms with Crippen LogP contribution in [0.5, 0.6) is 0 Å². The Kier molecular flexibility index (Phi) is 4.22. The smallest absolute Gasteiger partial charge is 0.127 e. The van der Waals surface area contributed by atoms with Crippen molar-refractivity contribution in [1.82, 2.24) is 4.98 Å². The molecule has 88 valence electrons. The summed E-state index contributed by atoms with van der Waals surface area (Å²) in [6.07, 6.45) is 6.66. The number of nitrogens with one attached hydrogen (secondary N) is 1. The van der Waals surface area contributed by atoms with Crippen LogP contribution in [-0.2, 0) is 0 Å². The molecule has 0 spiro atoms. The molecular formula is C13H19BrN2. The molecule has 1 aliphatic rings. The molecule has 1 aromatic heterocycles. The van der Waals surface area contributed by atoms with Crippen LogP contribution in [0.15, 0.2) is 22.8 Å². The van der Waals surface area contributed by atoms with Crippen molar-refractivity contribution in [3.05, 3.63) is 22.8 Å². The van der Waals surface area contributed by atoms with Gasteiger partial charge in [-0.15, -0.1) is 0 Å². The number of hydrogen-bond donors (Lipinski definition) is 1. The molecule has 1 heterocycles. The Bertz CT molecular complexity index is 340. The van der Waals surface area contributed by atoms with Gasteiger partial charge in [0.05, 0.1) is 0 Å². The Balaban J connectivity index is 2.02. The first-order valence-corrected chi connectivity index (χ1v) is 6.98. The average Bonchev–Trinajstić information content (AvgIpc) is 2.30. The first-order chi connectivity index (χ1) is 7.79. The Morgan fingerprint density at radius 3 is 2.94 bits per heavy atom. The van der Waals surface area contributed by atoms with Crippen LogP contribution in [0, 0.1) is 5.92 Å². The van der Waals surface area contributed by atoms with Gasteiger partial charge in [0, 0.05) is 6.04 Å². The van der Waals surface area contributed by atoms with E-state index >= 15 is 0 Å². The monoisotopic (exact) mass is 282 g/mol. The van der Waals surface area contributed by atoms with Gasteiger partial charge >= 0.3 is 0 Å².